The SMILES string of the molecule is Cc1ccc(CNC(=O)C2CCC(C(=O)NCCN(C)C)CC2)cc1. The fraction of sp³-hybridized carbons (Fsp3) is 0.600. The van der Waals surface area contributed by atoms with Crippen LogP contribution in [0.1, 0.15) is 36.8 Å². The van der Waals surface area contributed by atoms with Crippen LogP contribution in [0.5, 0.6) is 0 Å². The average molecular weight is 345 g/mol. The standard InChI is InChI=1S/C20H31N3O2/c1-15-4-6-16(7-5-15)14-22-20(25)18-10-8-17(9-11-18)19(24)21-12-13-23(2)3/h4-7,17-18H,8-14H2,1-3H3,(H,21,24)(H,22,25). The molecule has 138 valence electrons. The Morgan fingerprint density at radius 3 is 2.00 bits per heavy atom. The fourth-order valence-electron chi connectivity index (χ4n) is 3.20. The molecule has 5 heteroatoms. The fourth-order valence-corrected chi connectivity index (χ4v) is 3.20. The van der Waals surface area contributed by atoms with E-state index >= 15 is 0 Å². The number of hydrogen-bond donors (Lipinski definition) is 2. The van der Waals surface area contributed by atoms with Gasteiger partial charge in [0.05, 0.1) is 0 Å². The monoisotopic (exact) mass is 345 g/mol. The van der Waals surface area contributed by atoms with E-state index in [0.717, 1.165) is 37.8 Å². The lowest BCUT2D eigenvalue weighted by Gasteiger charge is -2.27. The van der Waals surface area contributed by atoms with Crippen molar-refractivity contribution < 1.29 is 9.59 Å². The summed E-state index contributed by atoms with van der Waals surface area (Å²) in [7, 11) is 3.99. The summed E-state index contributed by atoms with van der Waals surface area (Å²) in [5.74, 6) is 0.354. The minimum atomic E-state index is 0.0382. The summed E-state index contributed by atoms with van der Waals surface area (Å²) in [6.45, 7) is 4.16. The van der Waals surface area contributed by atoms with Crippen LogP contribution in [0.4, 0.5) is 0 Å². The van der Waals surface area contributed by atoms with Gasteiger partial charge >= 0.3 is 0 Å². The van der Waals surface area contributed by atoms with Crippen LogP contribution in [0.2, 0.25) is 0 Å². The Morgan fingerprint density at radius 1 is 0.960 bits per heavy atom. The van der Waals surface area contributed by atoms with E-state index in [4.69, 9.17) is 0 Å². The van der Waals surface area contributed by atoms with Gasteiger partial charge in [0.25, 0.3) is 0 Å². The molecule has 25 heavy (non-hydrogen) atoms. The number of rotatable bonds is 7. The second-order valence-electron chi connectivity index (χ2n) is 7.35. The summed E-state index contributed by atoms with van der Waals surface area (Å²) < 4.78 is 0. The van der Waals surface area contributed by atoms with Crippen LogP contribution in [-0.4, -0.2) is 43.9 Å². The topological polar surface area (TPSA) is 61.4 Å². The van der Waals surface area contributed by atoms with Gasteiger partial charge in [-0.15, -0.1) is 0 Å². The molecule has 0 spiro atoms. The number of hydrogen-bond acceptors (Lipinski definition) is 3. The third kappa shape index (κ3) is 6.50. The molecule has 0 aliphatic heterocycles. The van der Waals surface area contributed by atoms with E-state index < -0.39 is 0 Å². The summed E-state index contributed by atoms with van der Waals surface area (Å²) in [5, 5.41) is 6.03. The molecule has 0 heterocycles. The van der Waals surface area contributed by atoms with Gasteiger partial charge in [-0.05, 0) is 52.3 Å². The summed E-state index contributed by atoms with van der Waals surface area (Å²) >= 11 is 0. The summed E-state index contributed by atoms with van der Waals surface area (Å²) in [5.41, 5.74) is 2.34. The Kier molecular flexibility index (Phi) is 7.44. The Labute approximate surface area is 151 Å². The first-order valence-corrected chi connectivity index (χ1v) is 9.21. The van der Waals surface area contributed by atoms with Crippen LogP contribution in [-0.2, 0) is 16.1 Å². The molecule has 1 aromatic rings. The van der Waals surface area contributed by atoms with Gasteiger partial charge in [0, 0.05) is 31.5 Å². The largest absolute Gasteiger partial charge is 0.355 e. The average Bonchev–Trinajstić information content (AvgIpc) is 2.60. The predicted octanol–water partition coefficient (Wildman–Crippen LogP) is 2.10. The molecule has 1 saturated carbocycles. The Balaban J connectivity index is 1.69. The Morgan fingerprint density at radius 2 is 1.48 bits per heavy atom. The van der Waals surface area contributed by atoms with E-state index in [2.05, 4.69) is 34.6 Å². The number of nitrogens with zero attached hydrogens (tertiary/aromatic N) is 1. The first-order chi connectivity index (χ1) is 12.0. The van der Waals surface area contributed by atoms with Crippen molar-refractivity contribution in [2.75, 3.05) is 27.2 Å². The highest BCUT2D eigenvalue weighted by atomic mass is 16.2. The van der Waals surface area contributed by atoms with Gasteiger partial charge in [0.1, 0.15) is 0 Å². The number of benzene rings is 1. The highest BCUT2D eigenvalue weighted by Crippen LogP contribution is 2.29. The number of nitrogens with one attached hydrogen (secondary N) is 2. The van der Waals surface area contributed by atoms with Crippen LogP contribution in [0, 0.1) is 18.8 Å². The van der Waals surface area contributed by atoms with Crippen molar-refractivity contribution in [3.63, 3.8) is 0 Å². The number of carbonyl (C=O) groups excluding carboxylic acids is 2. The third-order valence-corrected chi connectivity index (χ3v) is 4.91. The number of carbonyl (C=O) groups is 2. The second-order valence-corrected chi connectivity index (χ2v) is 7.35. The Bertz CT molecular complexity index is 561. The molecule has 2 amide bonds. The van der Waals surface area contributed by atoms with Crippen LogP contribution >= 0.6 is 0 Å². The van der Waals surface area contributed by atoms with Gasteiger partial charge in [0.2, 0.25) is 11.8 Å². The zero-order chi connectivity index (χ0) is 18.2. The van der Waals surface area contributed by atoms with Gasteiger partial charge in [0.15, 0.2) is 0 Å². The van der Waals surface area contributed by atoms with Gasteiger partial charge in [-0.3, -0.25) is 9.59 Å². The molecule has 1 fully saturated rings. The lowest BCUT2D eigenvalue weighted by molar-refractivity contribution is -0.130. The first kappa shape index (κ1) is 19.4. The first-order valence-electron chi connectivity index (χ1n) is 9.21. The predicted molar refractivity (Wildman–Crippen MR) is 100 cm³/mol. The van der Waals surface area contributed by atoms with Crippen molar-refractivity contribution in [3.05, 3.63) is 35.4 Å². The molecule has 2 N–H and O–H groups in total. The van der Waals surface area contributed by atoms with Gasteiger partial charge in [-0.2, -0.15) is 0 Å². The molecule has 2 rings (SSSR count). The van der Waals surface area contributed by atoms with E-state index in [1.54, 1.807) is 0 Å². The molecule has 0 aromatic heterocycles. The summed E-state index contributed by atoms with van der Waals surface area (Å²) in [6, 6.07) is 8.21. The van der Waals surface area contributed by atoms with Gasteiger partial charge < -0.3 is 15.5 Å². The summed E-state index contributed by atoms with van der Waals surface area (Å²) in [6.07, 6.45) is 3.20. The normalized spacial score (nSPS) is 20.3. The lowest BCUT2D eigenvalue weighted by atomic mass is 9.81. The molecule has 0 saturated heterocycles. The molecule has 5 nitrogen and oxygen atoms in total. The zero-order valence-electron chi connectivity index (χ0n) is 15.7. The summed E-state index contributed by atoms with van der Waals surface area (Å²) in [4.78, 5) is 26.6. The zero-order valence-corrected chi connectivity index (χ0v) is 15.7. The highest BCUT2D eigenvalue weighted by Gasteiger charge is 2.29. The molecule has 0 atom stereocenters. The molecule has 1 aromatic carbocycles. The maximum absolute atomic E-state index is 12.3. The quantitative estimate of drug-likeness (QED) is 0.795. The van der Waals surface area contributed by atoms with Gasteiger partial charge in [-0.1, -0.05) is 29.8 Å². The minimum absolute atomic E-state index is 0.0382. The molecule has 0 radical (unpaired) electrons. The van der Waals surface area contributed by atoms with E-state index in [1.807, 2.05) is 26.2 Å². The van der Waals surface area contributed by atoms with Crippen molar-refractivity contribution in [1.82, 2.24) is 15.5 Å². The Hall–Kier alpha value is -1.88. The van der Waals surface area contributed by atoms with Crippen molar-refractivity contribution in [3.8, 4) is 0 Å². The molecular weight excluding hydrogens is 314 g/mol. The van der Waals surface area contributed by atoms with Crippen LogP contribution < -0.4 is 10.6 Å². The molecule has 0 unspecified atom stereocenters. The van der Waals surface area contributed by atoms with Crippen molar-refractivity contribution in [2.24, 2.45) is 11.8 Å². The van der Waals surface area contributed by atoms with Crippen molar-refractivity contribution in [1.29, 1.82) is 0 Å². The van der Waals surface area contributed by atoms with Crippen LogP contribution in [0.25, 0.3) is 0 Å². The maximum Gasteiger partial charge on any atom is 0.223 e. The maximum atomic E-state index is 12.3. The van der Waals surface area contributed by atoms with E-state index in [-0.39, 0.29) is 23.7 Å². The molecule has 0 bridgehead atoms. The van der Waals surface area contributed by atoms with E-state index in [1.165, 1.54) is 5.56 Å². The molecule has 1 aliphatic carbocycles. The second kappa shape index (κ2) is 9.56. The van der Waals surface area contributed by atoms with Crippen molar-refractivity contribution >= 4 is 11.8 Å². The minimum Gasteiger partial charge on any atom is -0.355 e. The van der Waals surface area contributed by atoms with E-state index in [0.29, 0.717) is 13.1 Å². The highest BCUT2D eigenvalue weighted by molar-refractivity contribution is 5.81. The van der Waals surface area contributed by atoms with Gasteiger partial charge in [-0.25, -0.2) is 0 Å². The third-order valence-electron chi connectivity index (χ3n) is 4.91. The lowest BCUT2D eigenvalue weighted by Crippen LogP contribution is -2.39. The van der Waals surface area contributed by atoms with E-state index in [9.17, 15) is 9.59 Å². The molecule has 1 aliphatic rings. The van der Waals surface area contributed by atoms with Crippen LogP contribution in [0.15, 0.2) is 24.3 Å². The molecular formula is C20H31N3O2. The number of likely N-dealkylation sites (N-methyl/N-ethyl adjacent to an activating group) is 1. The smallest absolute Gasteiger partial charge is 0.223 e. The van der Waals surface area contributed by atoms with Crippen molar-refractivity contribution in [2.45, 2.75) is 39.2 Å². The number of amides is 2. The van der Waals surface area contributed by atoms with Crippen LogP contribution in [0.3, 0.4) is 0 Å². The number of aryl methyl sites for hydroxylation is 1.